The van der Waals surface area contributed by atoms with Crippen molar-refractivity contribution in [3.8, 4) is 22.6 Å². The topological polar surface area (TPSA) is 174 Å². The third-order valence-corrected chi connectivity index (χ3v) is 12.0. The van der Waals surface area contributed by atoms with Crippen LogP contribution in [0.15, 0.2) is 72.8 Å². The largest absolute Gasteiger partial charge is 0.490 e. The summed E-state index contributed by atoms with van der Waals surface area (Å²) in [5, 5.41) is 33.7. The summed E-state index contributed by atoms with van der Waals surface area (Å²) in [4.78, 5) is 45.6. The van der Waals surface area contributed by atoms with Crippen LogP contribution in [-0.2, 0) is 58.3 Å². The van der Waals surface area contributed by atoms with Crippen molar-refractivity contribution in [1.82, 2.24) is 9.80 Å². The van der Waals surface area contributed by atoms with E-state index >= 15 is 0 Å². The summed E-state index contributed by atoms with van der Waals surface area (Å²) in [6, 6.07) is 24.6. The van der Waals surface area contributed by atoms with Crippen molar-refractivity contribution in [3.05, 3.63) is 117 Å². The predicted octanol–water partition coefficient (Wildman–Crippen LogP) is 10.4. The number of carboxylic acids is 4. The van der Waals surface area contributed by atoms with Gasteiger partial charge >= 0.3 is 36.2 Å². The second kappa shape index (κ2) is 24.8. The zero-order valence-electron chi connectivity index (χ0n) is 38.4. The maximum Gasteiger partial charge on any atom is 0.490 e. The van der Waals surface area contributed by atoms with E-state index in [1.54, 1.807) is 0 Å². The fourth-order valence-electron chi connectivity index (χ4n) is 8.26. The van der Waals surface area contributed by atoms with Crippen LogP contribution in [0.25, 0.3) is 11.1 Å². The van der Waals surface area contributed by atoms with Crippen molar-refractivity contribution >= 4 is 23.9 Å². The lowest BCUT2D eigenvalue weighted by molar-refractivity contribution is -0.193. The summed E-state index contributed by atoms with van der Waals surface area (Å²) >= 11 is 0. The van der Waals surface area contributed by atoms with Crippen LogP contribution in [0.2, 0.25) is 0 Å². The molecule has 0 bridgehead atoms. The number of hydrogen-bond acceptors (Lipinski definition) is 8. The van der Waals surface area contributed by atoms with Crippen molar-refractivity contribution in [2.24, 2.45) is 0 Å². The van der Waals surface area contributed by atoms with E-state index in [4.69, 9.17) is 29.3 Å². The minimum Gasteiger partial charge on any atom is -0.489 e. The zero-order valence-corrected chi connectivity index (χ0v) is 38.4. The van der Waals surface area contributed by atoms with Gasteiger partial charge in [0.25, 0.3) is 0 Å². The van der Waals surface area contributed by atoms with E-state index in [0.29, 0.717) is 39.1 Å². The lowest BCUT2D eigenvalue weighted by atomic mass is 9.92. The maximum absolute atomic E-state index is 11.8. The molecular formula is C50H58F6N2O10. The molecule has 0 unspecified atom stereocenters. The van der Waals surface area contributed by atoms with E-state index in [9.17, 15) is 46.1 Å². The molecule has 2 fully saturated rings. The number of ether oxygens (including phenoxy) is 2. The predicted molar refractivity (Wildman–Crippen MR) is 240 cm³/mol. The monoisotopic (exact) mass is 960 g/mol. The number of carboxylic acid groups (broad SMARTS) is 4. The Morgan fingerprint density at radius 3 is 1.22 bits per heavy atom. The summed E-state index contributed by atoms with van der Waals surface area (Å²) in [5.74, 6) is -5.24. The minimum absolute atomic E-state index is 0.412. The maximum atomic E-state index is 11.8. The Morgan fingerprint density at radius 2 is 0.912 bits per heavy atom. The first-order valence-corrected chi connectivity index (χ1v) is 22.3. The van der Waals surface area contributed by atoms with E-state index < -0.39 is 48.3 Å². The van der Waals surface area contributed by atoms with Crippen LogP contribution in [0.1, 0.15) is 96.9 Å². The van der Waals surface area contributed by atoms with Gasteiger partial charge in [0, 0.05) is 13.1 Å². The number of nitrogens with zero attached hydrogens (tertiary/aromatic N) is 2. The van der Waals surface area contributed by atoms with E-state index in [2.05, 4.69) is 98.2 Å². The van der Waals surface area contributed by atoms with Crippen molar-refractivity contribution in [1.29, 1.82) is 0 Å². The molecule has 12 nitrogen and oxygen atoms in total. The highest BCUT2D eigenvalue weighted by Crippen LogP contribution is 2.33. The SMILES string of the molecule is CCc1cc(CN2CCCC[C@H]2C(=O)O)ccc1OCc1cccc(-c2cccc(COc3ccc(CN4CCCC[C@H]4C(=O)O)cc3CC)c2C)c1C.O=C(O)C(F)(F)F.O=C(O)C(F)(F)F. The molecule has 4 N–H and O–H groups in total. The molecule has 2 heterocycles. The number of halogens is 6. The van der Waals surface area contributed by atoms with Gasteiger partial charge in [-0.25, -0.2) is 9.59 Å². The van der Waals surface area contributed by atoms with E-state index in [0.717, 1.165) is 96.5 Å². The van der Waals surface area contributed by atoms with Crippen LogP contribution in [0.4, 0.5) is 26.3 Å². The third-order valence-electron chi connectivity index (χ3n) is 12.0. The number of rotatable bonds is 15. The molecule has 68 heavy (non-hydrogen) atoms. The fraction of sp³-hybridized carbons (Fsp3) is 0.440. The van der Waals surface area contributed by atoms with Gasteiger partial charge in [-0.15, -0.1) is 0 Å². The van der Waals surface area contributed by atoms with Gasteiger partial charge in [-0.1, -0.05) is 87.4 Å². The quantitative estimate of drug-likeness (QED) is 0.0832. The Labute approximate surface area is 391 Å². The Hall–Kier alpha value is -6.14. The average molecular weight is 961 g/mol. The first-order chi connectivity index (χ1) is 32.0. The minimum atomic E-state index is -5.08. The number of likely N-dealkylation sites (tertiary alicyclic amines) is 2. The summed E-state index contributed by atoms with van der Waals surface area (Å²) < 4.78 is 76.4. The van der Waals surface area contributed by atoms with Crippen LogP contribution in [0.3, 0.4) is 0 Å². The molecule has 0 aromatic heterocycles. The molecule has 18 heteroatoms. The number of piperidine rings is 2. The second-order valence-electron chi connectivity index (χ2n) is 16.6. The summed E-state index contributed by atoms with van der Waals surface area (Å²) in [6.45, 7) is 12.4. The van der Waals surface area contributed by atoms with Crippen LogP contribution >= 0.6 is 0 Å². The molecule has 370 valence electrons. The number of alkyl halides is 6. The van der Waals surface area contributed by atoms with Gasteiger partial charge in [-0.05, 0) is 133 Å². The molecule has 2 aliphatic heterocycles. The smallest absolute Gasteiger partial charge is 0.489 e. The summed E-state index contributed by atoms with van der Waals surface area (Å²) in [5.41, 5.74) is 11.5. The molecule has 0 aliphatic carbocycles. The summed E-state index contributed by atoms with van der Waals surface area (Å²) in [7, 11) is 0. The summed E-state index contributed by atoms with van der Waals surface area (Å²) in [6.07, 6.45) is -3.08. The van der Waals surface area contributed by atoms with Gasteiger partial charge in [0.15, 0.2) is 0 Å². The average Bonchev–Trinajstić information content (AvgIpc) is 3.29. The van der Waals surface area contributed by atoms with Gasteiger partial charge in [0.2, 0.25) is 0 Å². The lowest BCUT2D eigenvalue weighted by Gasteiger charge is -2.33. The Bertz CT molecular complexity index is 2210. The molecule has 2 saturated heterocycles. The van der Waals surface area contributed by atoms with E-state index in [1.165, 1.54) is 22.3 Å². The highest BCUT2D eigenvalue weighted by molar-refractivity contribution is 5.75. The van der Waals surface area contributed by atoms with Crippen LogP contribution < -0.4 is 9.47 Å². The first kappa shape index (κ1) is 54.5. The molecule has 0 radical (unpaired) electrons. The molecule has 2 atom stereocenters. The van der Waals surface area contributed by atoms with Crippen LogP contribution in [0, 0.1) is 13.8 Å². The normalized spacial score (nSPS) is 16.6. The van der Waals surface area contributed by atoms with Crippen molar-refractivity contribution < 1.29 is 75.4 Å². The number of carbonyl (C=O) groups is 4. The Balaban J connectivity index is 0.000000626. The zero-order chi connectivity index (χ0) is 50.3. The van der Waals surface area contributed by atoms with Crippen molar-refractivity contribution in [2.75, 3.05) is 13.1 Å². The molecule has 4 aromatic carbocycles. The van der Waals surface area contributed by atoms with Gasteiger partial charge in [0.1, 0.15) is 36.8 Å². The lowest BCUT2D eigenvalue weighted by Crippen LogP contribution is -2.44. The number of hydrogen-bond donors (Lipinski definition) is 4. The molecule has 4 aromatic rings. The number of aryl methyl sites for hydroxylation is 2. The molecular weight excluding hydrogens is 903 g/mol. The number of benzene rings is 4. The highest BCUT2D eigenvalue weighted by Gasteiger charge is 2.39. The van der Waals surface area contributed by atoms with Gasteiger partial charge in [-0.3, -0.25) is 19.4 Å². The molecule has 6 rings (SSSR count). The van der Waals surface area contributed by atoms with Crippen molar-refractivity contribution in [3.63, 3.8) is 0 Å². The van der Waals surface area contributed by atoms with Gasteiger partial charge in [-0.2, -0.15) is 26.3 Å². The highest BCUT2D eigenvalue weighted by atomic mass is 19.4. The molecule has 0 spiro atoms. The Morgan fingerprint density at radius 1 is 0.559 bits per heavy atom. The van der Waals surface area contributed by atoms with Gasteiger partial charge < -0.3 is 29.9 Å². The fourth-order valence-corrected chi connectivity index (χ4v) is 8.26. The first-order valence-electron chi connectivity index (χ1n) is 22.3. The second-order valence-corrected chi connectivity index (χ2v) is 16.6. The Kier molecular flexibility index (Phi) is 19.8. The standard InChI is InChI=1S/C46H56N2O6.2C2HF3O2/c1-5-35-25-33(27-47-23-9-7-17-41(47)45(49)50)19-21-43(35)53-29-37-13-11-15-39(31(37)3)40-16-12-14-38(32(40)4)30-54-44-22-20-34(26-36(44)6-2)28-48-24-10-8-18-42(48)46(51)52;2*3-2(4,5)1(6)7/h11-16,19-22,25-26,41-42H,5-10,17-18,23-24,27-30H2,1-4H3,(H,49,50)(H,51,52);2*(H,6,7)/t41-,42-;;/m0../s1. The van der Waals surface area contributed by atoms with Crippen molar-refractivity contribution in [2.45, 2.75) is 130 Å². The molecule has 0 amide bonds. The van der Waals surface area contributed by atoms with Crippen LogP contribution in [-0.4, -0.2) is 91.6 Å². The number of aliphatic carboxylic acids is 4. The van der Waals surface area contributed by atoms with Crippen LogP contribution in [0.5, 0.6) is 11.5 Å². The van der Waals surface area contributed by atoms with Gasteiger partial charge in [0.05, 0.1) is 0 Å². The molecule has 2 aliphatic rings. The molecule has 0 saturated carbocycles. The third kappa shape index (κ3) is 15.4. The van der Waals surface area contributed by atoms with E-state index in [-0.39, 0.29) is 0 Å². The van der Waals surface area contributed by atoms with E-state index in [1.807, 2.05) is 12.1 Å².